The molecular weight excluding hydrogens is 364 g/mol. The molecule has 2 aromatic rings. The molecule has 7 heteroatoms. The Kier molecular flexibility index (Phi) is 6.56. The van der Waals surface area contributed by atoms with E-state index >= 15 is 0 Å². The molecule has 154 valence electrons. The monoisotopic (exact) mass is 394 g/mol. The molecular formula is C22H30N6O. The minimum atomic E-state index is 0.562. The molecule has 2 heterocycles. The van der Waals surface area contributed by atoms with Gasteiger partial charge in [0.25, 0.3) is 0 Å². The number of hydrogen-bond acceptors (Lipinski definition) is 7. The van der Waals surface area contributed by atoms with Gasteiger partial charge >= 0.3 is 0 Å². The number of hydrogen-bond donors (Lipinski definition) is 2. The maximum Gasteiger partial charge on any atom is 0.233 e. The number of morpholine rings is 1. The lowest BCUT2D eigenvalue weighted by Crippen LogP contribution is -2.37. The van der Waals surface area contributed by atoms with Crippen molar-refractivity contribution < 1.29 is 4.74 Å². The van der Waals surface area contributed by atoms with Crippen LogP contribution in [0, 0.1) is 6.92 Å². The maximum atomic E-state index is 5.47. The number of ether oxygens (including phenoxy) is 1. The highest BCUT2D eigenvalue weighted by molar-refractivity contribution is 5.56. The van der Waals surface area contributed by atoms with Crippen molar-refractivity contribution in [3.05, 3.63) is 41.5 Å². The summed E-state index contributed by atoms with van der Waals surface area (Å²) in [6.45, 7) is 5.89. The van der Waals surface area contributed by atoms with Gasteiger partial charge in [0.05, 0.1) is 13.2 Å². The van der Waals surface area contributed by atoms with Crippen LogP contribution in [-0.4, -0.2) is 47.8 Å². The van der Waals surface area contributed by atoms with Crippen molar-refractivity contribution in [1.29, 1.82) is 0 Å². The molecule has 0 spiro atoms. The molecule has 1 aliphatic heterocycles. The van der Waals surface area contributed by atoms with E-state index in [1.54, 1.807) is 5.57 Å². The van der Waals surface area contributed by atoms with E-state index in [2.05, 4.69) is 55.6 Å². The number of rotatable bonds is 7. The van der Waals surface area contributed by atoms with Gasteiger partial charge in [0.15, 0.2) is 0 Å². The van der Waals surface area contributed by atoms with E-state index in [0.717, 1.165) is 31.7 Å². The van der Waals surface area contributed by atoms with Gasteiger partial charge in [-0.05, 0) is 56.7 Å². The highest BCUT2D eigenvalue weighted by Gasteiger charge is 2.17. The topological polar surface area (TPSA) is 75.2 Å². The van der Waals surface area contributed by atoms with Crippen LogP contribution in [0.2, 0.25) is 0 Å². The van der Waals surface area contributed by atoms with E-state index in [4.69, 9.17) is 4.74 Å². The predicted octanol–water partition coefficient (Wildman–Crippen LogP) is 4.06. The lowest BCUT2D eigenvalue weighted by Gasteiger charge is -2.27. The summed E-state index contributed by atoms with van der Waals surface area (Å²) in [5, 5.41) is 6.74. The summed E-state index contributed by atoms with van der Waals surface area (Å²) in [5.41, 5.74) is 3.71. The van der Waals surface area contributed by atoms with E-state index < -0.39 is 0 Å². The van der Waals surface area contributed by atoms with Gasteiger partial charge in [0.1, 0.15) is 0 Å². The molecule has 29 heavy (non-hydrogen) atoms. The van der Waals surface area contributed by atoms with Crippen LogP contribution in [0.3, 0.4) is 0 Å². The van der Waals surface area contributed by atoms with Crippen molar-refractivity contribution in [3.63, 3.8) is 0 Å². The highest BCUT2D eigenvalue weighted by Crippen LogP contribution is 2.21. The van der Waals surface area contributed by atoms with Gasteiger partial charge in [0.2, 0.25) is 17.8 Å². The van der Waals surface area contributed by atoms with Crippen molar-refractivity contribution in [1.82, 2.24) is 15.0 Å². The molecule has 0 radical (unpaired) electrons. The number of anilines is 4. The van der Waals surface area contributed by atoms with Crippen LogP contribution in [0.1, 0.15) is 37.7 Å². The molecule has 4 rings (SSSR count). The first-order valence-electron chi connectivity index (χ1n) is 10.6. The summed E-state index contributed by atoms with van der Waals surface area (Å²) in [6, 6.07) is 8.21. The summed E-state index contributed by atoms with van der Waals surface area (Å²) in [5.74, 6) is 1.87. The Balaban J connectivity index is 1.49. The van der Waals surface area contributed by atoms with Crippen LogP contribution in [0.15, 0.2) is 35.9 Å². The van der Waals surface area contributed by atoms with Crippen LogP contribution in [0.5, 0.6) is 0 Å². The number of aryl methyl sites for hydroxylation is 1. The molecule has 1 aromatic heterocycles. The molecule has 1 aliphatic carbocycles. The number of allylic oxidation sites excluding steroid dienone is 1. The summed E-state index contributed by atoms with van der Waals surface area (Å²) in [4.78, 5) is 16.1. The number of nitrogens with one attached hydrogen (secondary N) is 2. The average molecular weight is 395 g/mol. The maximum absolute atomic E-state index is 5.47. The lowest BCUT2D eigenvalue weighted by molar-refractivity contribution is 0.122. The molecule has 0 atom stereocenters. The van der Waals surface area contributed by atoms with Crippen molar-refractivity contribution in [2.75, 3.05) is 48.4 Å². The summed E-state index contributed by atoms with van der Waals surface area (Å²) >= 11 is 0. The van der Waals surface area contributed by atoms with E-state index in [9.17, 15) is 0 Å². The van der Waals surface area contributed by atoms with Crippen LogP contribution in [0.25, 0.3) is 0 Å². The fourth-order valence-corrected chi connectivity index (χ4v) is 3.72. The van der Waals surface area contributed by atoms with Gasteiger partial charge in [-0.1, -0.05) is 23.8 Å². The summed E-state index contributed by atoms with van der Waals surface area (Å²) < 4.78 is 5.47. The highest BCUT2D eigenvalue weighted by atomic mass is 16.5. The fraction of sp³-hybridized carbons (Fsp3) is 0.500. The second kappa shape index (κ2) is 9.69. The molecule has 1 saturated heterocycles. The van der Waals surface area contributed by atoms with Gasteiger partial charge in [-0.2, -0.15) is 15.0 Å². The van der Waals surface area contributed by atoms with E-state index in [1.165, 1.54) is 31.2 Å². The van der Waals surface area contributed by atoms with Gasteiger partial charge in [-0.25, -0.2) is 0 Å². The Morgan fingerprint density at radius 3 is 2.72 bits per heavy atom. The first-order chi connectivity index (χ1) is 14.3. The SMILES string of the molecule is Cc1cccc(Nc2nc(NCCC3=CCCCC3)nc(N3CCOCC3)n2)c1. The molecule has 0 amide bonds. The molecule has 2 aliphatic rings. The standard InChI is InChI=1S/C22H30N6O/c1-17-6-5-9-19(16-17)24-21-25-20(23-11-10-18-7-3-2-4-8-18)26-22(27-21)28-12-14-29-15-13-28/h5-7,9,16H,2-4,8,10-15H2,1H3,(H2,23,24,25,26,27). The molecule has 0 bridgehead atoms. The Morgan fingerprint density at radius 2 is 1.93 bits per heavy atom. The summed E-state index contributed by atoms with van der Waals surface area (Å²) in [6.07, 6.45) is 8.50. The van der Waals surface area contributed by atoms with Gasteiger partial charge < -0.3 is 20.3 Å². The van der Waals surface area contributed by atoms with Gasteiger partial charge in [-0.3, -0.25) is 0 Å². The zero-order chi connectivity index (χ0) is 19.9. The smallest absolute Gasteiger partial charge is 0.233 e. The van der Waals surface area contributed by atoms with Gasteiger partial charge in [-0.15, -0.1) is 0 Å². The first kappa shape index (κ1) is 19.6. The Hall–Kier alpha value is -2.67. The predicted molar refractivity (Wildman–Crippen MR) is 117 cm³/mol. The average Bonchev–Trinajstić information content (AvgIpc) is 2.75. The Bertz CT molecular complexity index is 847. The second-order valence-electron chi connectivity index (χ2n) is 7.66. The normalized spacial score (nSPS) is 17.0. The van der Waals surface area contributed by atoms with Crippen LogP contribution in [0.4, 0.5) is 23.5 Å². The van der Waals surface area contributed by atoms with Crippen molar-refractivity contribution in [2.24, 2.45) is 0 Å². The summed E-state index contributed by atoms with van der Waals surface area (Å²) in [7, 11) is 0. The Morgan fingerprint density at radius 1 is 1.07 bits per heavy atom. The van der Waals surface area contributed by atoms with E-state index in [-0.39, 0.29) is 0 Å². The van der Waals surface area contributed by atoms with Crippen LogP contribution < -0.4 is 15.5 Å². The van der Waals surface area contributed by atoms with Gasteiger partial charge in [0, 0.05) is 25.3 Å². The zero-order valence-corrected chi connectivity index (χ0v) is 17.2. The van der Waals surface area contributed by atoms with Crippen molar-refractivity contribution in [3.8, 4) is 0 Å². The minimum absolute atomic E-state index is 0.562. The molecule has 0 saturated carbocycles. The second-order valence-corrected chi connectivity index (χ2v) is 7.66. The lowest BCUT2D eigenvalue weighted by atomic mass is 9.97. The van der Waals surface area contributed by atoms with Crippen molar-refractivity contribution >= 4 is 23.5 Å². The minimum Gasteiger partial charge on any atom is -0.378 e. The quantitative estimate of drug-likeness (QED) is 0.686. The Labute approximate surface area is 172 Å². The van der Waals surface area contributed by atoms with E-state index in [0.29, 0.717) is 31.1 Å². The van der Waals surface area contributed by atoms with E-state index in [1.807, 2.05) is 12.1 Å². The third-order valence-electron chi connectivity index (χ3n) is 5.31. The number of benzene rings is 1. The number of aromatic nitrogens is 3. The third-order valence-corrected chi connectivity index (χ3v) is 5.31. The molecule has 2 N–H and O–H groups in total. The molecule has 1 aromatic carbocycles. The number of nitrogens with zero attached hydrogens (tertiary/aromatic N) is 4. The largest absolute Gasteiger partial charge is 0.378 e. The van der Waals surface area contributed by atoms with Crippen molar-refractivity contribution in [2.45, 2.75) is 39.0 Å². The third kappa shape index (κ3) is 5.67. The first-order valence-corrected chi connectivity index (χ1v) is 10.6. The molecule has 0 unspecified atom stereocenters. The molecule has 7 nitrogen and oxygen atoms in total. The van der Waals surface area contributed by atoms with Crippen LogP contribution >= 0.6 is 0 Å². The zero-order valence-electron chi connectivity index (χ0n) is 17.2. The van der Waals surface area contributed by atoms with Crippen LogP contribution in [-0.2, 0) is 4.74 Å². The molecule has 1 fully saturated rings. The fourth-order valence-electron chi connectivity index (χ4n) is 3.72.